The van der Waals surface area contributed by atoms with Gasteiger partial charge in [0.05, 0.1) is 6.54 Å². The molecule has 0 aromatic heterocycles. The van der Waals surface area contributed by atoms with Crippen LogP contribution >= 0.6 is 0 Å². The number of rotatable bonds is 4. The fraction of sp³-hybridized carbons (Fsp3) is 0.667. The highest BCUT2D eigenvalue weighted by molar-refractivity contribution is 5.95. The maximum absolute atomic E-state index is 13.2. The molecule has 1 aromatic carbocycles. The van der Waals surface area contributed by atoms with Gasteiger partial charge in [0.2, 0.25) is 0 Å². The van der Waals surface area contributed by atoms with Crippen molar-refractivity contribution >= 4 is 11.7 Å². The summed E-state index contributed by atoms with van der Waals surface area (Å²) < 4.78 is 0. The van der Waals surface area contributed by atoms with Crippen molar-refractivity contribution in [3.63, 3.8) is 0 Å². The lowest BCUT2D eigenvalue weighted by Gasteiger charge is -2.39. The van der Waals surface area contributed by atoms with Gasteiger partial charge in [0.15, 0.2) is 0 Å². The predicted molar refractivity (Wildman–Crippen MR) is 112 cm³/mol. The van der Waals surface area contributed by atoms with Gasteiger partial charge in [-0.2, -0.15) is 5.10 Å². The maximum Gasteiger partial charge on any atom is 0.338 e. The molecule has 0 saturated heterocycles. The molecule has 1 aliphatic heterocycles. The molecule has 2 bridgehead atoms. The van der Waals surface area contributed by atoms with E-state index in [1.807, 2.05) is 0 Å². The Labute approximate surface area is 168 Å². The maximum atomic E-state index is 13.2. The zero-order valence-corrected chi connectivity index (χ0v) is 17.4. The summed E-state index contributed by atoms with van der Waals surface area (Å²) >= 11 is 0. The summed E-state index contributed by atoms with van der Waals surface area (Å²) in [6, 6.07) is 10.9. The number of amides is 2. The molecular weight excluding hydrogens is 346 g/mol. The second-order valence-electron chi connectivity index (χ2n) is 10.4. The van der Waals surface area contributed by atoms with E-state index in [0.717, 1.165) is 24.7 Å². The smallest absolute Gasteiger partial charge is 0.333 e. The Bertz CT molecular complexity index is 797. The first-order chi connectivity index (χ1) is 13.4. The van der Waals surface area contributed by atoms with Crippen LogP contribution < -0.4 is 5.32 Å². The molecule has 4 aliphatic rings. The van der Waals surface area contributed by atoms with Crippen molar-refractivity contribution in [3.8, 4) is 0 Å². The first kappa shape index (κ1) is 18.2. The predicted octanol–water partition coefficient (Wildman–Crippen LogP) is 5.17. The Morgan fingerprint density at radius 2 is 1.93 bits per heavy atom. The number of urea groups is 1. The molecule has 5 rings (SSSR count). The van der Waals surface area contributed by atoms with Crippen LogP contribution in [-0.2, 0) is 0 Å². The Hall–Kier alpha value is -1.84. The zero-order valence-electron chi connectivity index (χ0n) is 17.4. The summed E-state index contributed by atoms with van der Waals surface area (Å²) in [5.41, 5.74) is 2.99. The van der Waals surface area contributed by atoms with E-state index >= 15 is 0 Å². The minimum atomic E-state index is 0.00121. The molecule has 1 unspecified atom stereocenters. The van der Waals surface area contributed by atoms with Gasteiger partial charge in [-0.05, 0) is 66.8 Å². The number of hydrogen-bond acceptors (Lipinski definition) is 2. The zero-order chi connectivity index (χ0) is 19.5. The molecule has 150 valence electrons. The topological polar surface area (TPSA) is 44.7 Å². The number of fused-ring (bicyclic) bond motifs is 2. The van der Waals surface area contributed by atoms with Gasteiger partial charge in [0, 0.05) is 17.7 Å². The van der Waals surface area contributed by atoms with Gasteiger partial charge in [0.1, 0.15) is 0 Å². The van der Waals surface area contributed by atoms with Crippen molar-refractivity contribution < 1.29 is 4.79 Å². The largest absolute Gasteiger partial charge is 0.338 e. The number of hydrazone groups is 1. The third kappa shape index (κ3) is 2.79. The fourth-order valence-corrected chi connectivity index (χ4v) is 6.10. The molecule has 1 aromatic rings. The van der Waals surface area contributed by atoms with Crippen molar-refractivity contribution in [2.75, 3.05) is 6.54 Å². The van der Waals surface area contributed by atoms with E-state index in [1.54, 1.807) is 5.01 Å². The summed E-state index contributed by atoms with van der Waals surface area (Å²) in [6.07, 6.45) is 7.30. The van der Waals surface area contributed by atoms with Gasteiger partial charge in [-0.1, -0.05) is 51.1 Å². The van der Waals surface area contributed by atoms with Crippen molar-refractivity contribution in [3.05, 3.63) is 35.9 Å². The van der Waals surface area contributed by atoms with Gasteiger partial charge >= 0.3 is 6.03 Å². The van der Waals surface area contributed by atoms with Crippen molar-refractivity contribution in [2.24, 2.45) is 27.8 Å². The van der Waals surface area contributed by atoms with Crippen LogP contribution in [0.5, 0.6) is 0 Å². The molecular formula is C24H33N3O. The van der Waals surface area contributed by atoms with E-state index in [1.165, 1.54) is 37.0 Å². The van der Waals surface area contributed by atoms with Crippen LogP contribution in [-0.4, -0.2) is 29.3 Å². The Morgan fingerprint density at radius 3 is 2.54 bits per heavy atom. The molecule has 2 amide bonds. The summed E-state index contributed by atoms with van der Waals surface area (Å²) in [6.45, 7) is 7.84. The summed E-state index contributed by atoms with van der Waals surface area (Å²) in [7, 11) is 0. The second-order valence-corrected chi connectivity index (χ2v) is 10.4. The van der Waals surface area contributed by atoms with Gasteiger partial charge in [-0.25, -0.2) is 9.80 Å². The van der Waals surface area contributed by atoms with Crippen LogP contribution in [0, 0.1) is 22.7 Å². The number of benzene rings is 1. The van der Waals surface area contributed by atoms with Crippen LogP contribution in [0.3, 0.4) is 0 Å². The number of carbonyl (C=O) groups excluding carboxylic acids is 1. The fourth-order valence-electron chi connectivity index (χ4n) is 6.10. The molecule has 28 heavy (non-hydrogen) atoms. The van der Waals surface area contributed by atoms with E-state index in [2.05, 4.69) is 56.4 Å². The van der Waals surface area contributed by atoms with Crippen LogP contribution in [0.2, 0.25) is 0 Å². The Morgan fingerprint density at radius 1 is 1.18 bits per heavy atom. The lowest BCUT2D eigenvalue weighted by molar-refractivity contribution is 0.118. The van der Waals surface area contributed by atoms with Gasteiger partial charge in [0.25, 0.3) is 0 Å². The van der Waals surface area contributed by atoms with Crippen molar-refractivity contribution in [2.45, 2.75) is 71.3 Å². The van der Waals surface area contributed by atoms with E-state index in [0.29, 0.717) is 12.0 Å². The molecule has 4 nitrogen and oxygen atoms in total. The summed E-state index contributed by atoms with van der Waals surface area (Å²) in [5, 5.41) is 9.94. The third-order valence-corrected chi connectivity index (χ3v) is 8.73. The molecule has 0 radical (unpaired) electrons. The lowest BCUT2D eigenvalue weighted by Crippen LogP contribution is -2.50. The average molecular weight is 380 g/mol. The number of nitrogens with one attached hydrogen (secondary N) is 1. The SMILES string of the molecule is CC1(C)[C@H]2CC[C@@]1(C)[C@@H](NC(=O)N1CC(c3ccccc3)C(CC3CC3)=N1)C2. The molecule has 1 heterocycles. The molecule has 4 heteroatoms. The minimum Gasteiger partial charge on any atom is -0.333 e. The van der Waals surface area contributed by atoms with Gasteiger partial charge < -0.3 is 5.32 Å². The van der Waals surface area contributed by atoms with Crippen LogP contribution in [0.25, 0.3) is 0 Å². The quantitative estimate of drug-likeness (QED) is 0.771. The van der Waals surface area contributed by atoms with Gasteiger partial charge in [-0.15, -0.1) is 0 Å². The highest BCUT2D eigenvalue weighted by Gasteiger charge is 2.61. The molecule has 3 fully saturated rings. The van der Waals surface area contributed by atoms with E-state index in [4.69, 9.17) is 5.10 Å². The second kappa shape index (κ2) is 6.33. The van der Waals surface area contributed by atoms with E-state index < -0.39 is 0 Å². The van der Waals surface area contributed by atoms with Crippen LogP contribution in [0.1, 0.15) is 70.8 Å². The number of nitrogens with zero attached hydrogens (tertiary/aromatic N) is 2. The van der Waals surface area contributed by atoms with Crippen molar-refractivity contribution in [1.29, 1.82) is 0 Å². The normalized spacial score (nSPS) is 35.9. The summed E-state index contributed by atoms with van der Waals surface area (Å²) in [4.78, 5) is 13.2. The molecule has 4 atom stereocenters. The first-order valence-corrected chi connectivity index (χ1v) is 11.1. The monoisotopic (exact) mass is 379 g/mol. The summed E-state index contributed by atoms with van der Waals surface area (Å²) in [5.74, 6) is 1.75. The van der Waals surface area contributed by atoms with Gasteiger partial charge in [-0.3, -0.25) is 0 Å². The molecule has 3 aliphatic carbocycles. The lowest BCUT2D eigenvalue weighted by atomic mass is 9.69. The molecule has 0 spiro atoms. The van der Waals surface area contributed by atoms with Crippen LogP contribution in [0.4, 0.5) is 4.79 Å². The number of hydrogen-bond donors (Lipinski definition) is 1. The standard InChI is InChI=1S/C24H33N3O/c1-23(2)18-11-12-24(23,3)21(14-18)25-22(28)27-15-19(17-7-5-4-6-8-17)20(26-27)13-16-9-10-16/h4-8,16,18-19,21H,9-15H2,1-3H3,(H,25,28)/t18-,19?,21-,24-/m0/s1. The minimum absolute atomic E-state index is 0.00121. The Kier molecular flexibility index (Phi) is 4.12. The highest BCUT2D eigenvalue weighted by atomic mass is 16.2. The third-order valence-electron chi connectivity index (χ3n) is 8.73. The van der Waals surface area contributed by atoms with Crippen LogP contribution in [0.15, 0.2) is 35.4 Å². The van der Waals surface area contributed by atoms with Crippen molar-refractivity contribution in [1.82, 2.24) is 10.3 Å². The van der Waals surface area contributed by atoms with E-state index in [-0.39, 0.29) is 23.4 Å². The Balaban J connectivity index is 1.32. The molecule has 3 saturated carbocycles. The first-order valence-electron chi connectivity index (χ1n) is 11.1. The van der Waals surface area contributed by atoms with E-state index in [9.17, 15) is 4.79 Å². The highest BCUT2D eigenvalue weighted by Crippen LogP contribution is 2.65. The number of carbonyl (C=O) groups is 1. The average Bonchev–Trinajstić information content (AvgIpc) is 3.30. The molecule has 1 N–H and O–H groups in total.